The molecule has 326 valence electrons. The third-order valence-electron chi connectivity index (χ3n) is 14.2. The van der Waals surface area contributed by atoms with Gasteiger partial charge in [-0.25, -0.2) is 4.98 Å². The van der Waals surface area contributed by atoms with Gasteiger partial charge in [-0.15, -0.1) is 0 Å². The summed E-state index contributed by atoms with van der Waals surface area (Å²) in [5, 5.41) is 12.4. The molecule has 0 spiro atoms. The highest BCUT2D eigenvalue weighted by Gasteiger charge is 2.21. The van der Waals surface area contributed by atoms with Crippen LogP contribution < -0.4 is 4.57 Å². The van der Waals surface area contributed by atoms with Crippen molar-refractivity contribution in [1.82, 2.24) is 13.8 Å². The van der Waals surface area contributed by atoms with Crippen LogP contribution in [0.5, 0.6) is 0 Å². The lowest BCUT2D eigenvalue weighted by atomic mass is 9.87. The molecule has 0 N–H and O–H groups in total. The van der Waals surface area contributed by atoms with Crippen LogP contribution in [0.25, 0.3) is 126 Å². The zero-order valence-electron chi connectivity index (χ0n) is 38.4. The molecule has 9 aromatic carbocycles. The lowest BCUT2D eigenvalue weighted by Crippen LogP contribution is -2.30. The highest BCUT2D eigenvalue weighted by molar-refractivity contribution is 6.21. The molecule has 0 aliphatic carbocycles. The van der Waals surface area contributed by atoms with E-state index < -0.39 is 0 Å². The lowest BCUT2D eigenvalue weighted by molar-refractivity contribution is -0.568. The fourth-order valence-corrected chi connectivity index (χ4v) is 10.9. The van der Waals surface area contributed by atoms with Gasteiger partial charge in [0.2, 0.25) is 0 Å². The maximum Gasteiger partial charge on any atom is 0.269 e. The molecule has 2 aliphatic heterocycles. The Morgan fingerprint density at radius 3 is 1.78 bits per heavy atom. The van der Waals surface area contributed by atoms with Crippen LogP contribution in [0.1, 0.15) is 26.3 Å². The smallest absolute Gasteiger partial charge is 0.269 e. The molecule has 5 nitrogen and oxygen atoms in total. The summed E-state index contributed by atoms with van der Waals surface area (Å²) in [6, 6.07) is 76.8. The minimum Gasteiger partial charge on any atom is -0.458 e. The monoisotopic (exact) mass is 884 g/mol. The van der Waals surface area contributed by atoms with Gasteiger partial charge in [0.05, 0.1) is 38.8 Å². The van der Waals surface area contributed by atoms with Gasteiger partial charge in [-0.3, -0.25) is 13.4 Å². The van der Waals surface area contributed by atoms with Gasteiger partial charge >= 0.3 is 0 Å². The van der Waals surface area contributed by atoms with Crippen LogP contribution in [-0.2, 0) is 5.41 Å². The van der Waals surface area contributed by atoms with Crippen LogP contribution in [0.4, 0.5) is 0 Å². The number of pyridine rings is 1. The van der Waals surface area contributed by atoms with Crippen molar-refractivity contribution in [2.75, 3.05) is 0 Å². The summed E-state index contributed by atoms with van der Waals surface area (Å²) in [4.78, 5) is 5.74. The fraction of sp³-hybridized carbons (Fsp3) is 0.0625. The minimum absolute atomic E-state index is 0.195. The maximum absolute atomic E-state index is 6.92. The third-order valence-corrected chi connectivity index (χ3v) is 14.2. The molecule has 0 saturated carbocycles. The average molecular weight is 885 g/mol. The van der Waals surface area contributed by atoms with E-state index in [1.165, 1.54) is 27.3 Å². The predicted molar refractivity (Wildman–Crippen MR) is 287 cm³/mol. The summed E-state index contributed by atoms with van der Waals surface area (Å²) >= 11 is 0. The van der Waals surface area contributed by atoms with Crippen molar-refractivity contribution in [1.29, 1.82) is 0 Å². The van der Waals surface area contributed by atoms with Crippen LogP contribution >= 0.6 is 0 Å². The summed E-state index contributed by atoms with van der Waals surface area (Å²) in [5.41, 5.74) is 12.7. The van der Waals surface area contributed by atoms with Crippen LogP contribution in [-0.4, -0.2) is 13.8 Å². The summed E-state index contributed by atoms with van der Waals surface area (Å²) < 4.78 is 13.8. The molecule has 3 aromatic heterocycles. The van der Waals surface area contributed by atoms with E-state index in [9.17, 15) is 0 Å². The van der Waals surface area contributed by atoms with Gasteiger partial charge in [-0.2, -0.15) is 0 Å². The summed E-state index contributed by atoms with van der Waals surface area (Å²) in [7, 11) is 0. The molecule has 0 radical (unpaired) electrons. The molecular formula is C64H44N4O. The normalized spacial score (nSPS) is 12.3. The standard InChI is InChI=1S/C64H44N4O/c1-64(2,3)42-35-57-51-25-12-11-24-50(51)54-27-14-26-53-48-22-9-7-20-46(48)47-21-8-10-23-49(47)55-28-15-29-59-63(55)67(62(53)54)39-66(59)43-18-13-19-44(37-43)69-45-31-32-52-56-34-41(40-16-5-4-6-17-40)30-33-58(56)68(60(52)38-45)61(36-42)65-57/h4-38H,1-3H3. The Morgan fingerprint density at radius 1 is 0.435 bits per heavy atom. The van der Waals surface area contributed by atoms with Crippen molar-refractivity contribution in [3.63, 3.8) is 0 Å². The van der Waals surface area contributed by atoms with Crippen molar-refractivity contribution in [3.05, 3.63) is 224 Å². The van der Waals surface area contributed by atoms with Gasteiger partial charge in [0.25, 0.3) is 6.33 Å². The SMILES string of the molecule is CC(C)(C)c1cc2nc(c1)n1c3ccc(-c4ccccc4)cc3c3ccc(cc31)oc1cccc(c1)n1[c-][n+]3c4c(cccc41)c1ccccc1c1ccccc1c1cccc(c1-3)c1ccccc21. The first-order chi connectivity index (χ1) is 33.8. The predicted octanol–water partition coefficient (Wildman–Crippen LogP) is 16.3. The lowest BCUT2D eigenvalue weighted by Gasteiger charge is -2.19. The number of imidazole rings is 1. The fourth-order valence-electron chi connectivity index (χ4n) is 10.9. The molecule has 0 atom stereocenters. The van der Waals surface area contributed by atoms with E-state index in [0.29, 0.717) is 0 Å². The number of rotatable bonds is 1. The van der Waals surface area contributed by atoms with Crippen molar-refractivity contribution in [2.45, 2.75) is 26.2 Å². The average Bonchev–Trinajstić information content (AvgIpc) is 3.94. The number of nitrogens with zero attached hydrogens (tertiary/aromatic N) is 4. The largest absolute Gasteiger partial charge is 0.458 e. The van der Waals surface area contributed by atoms with Crippen LogP contribution in [0, 0.1) is 6.33 Å². The molecule has 12 aromatic rings. The second kappa shape index (κ2) is 14.9. The molecule has 8 bridgehead atoms. The molecule has 69 heavy (non-hydrogen) atoms. The van der Waals surface area contributed by atoms with Crippen molar-refractivity contribution < 1.29 is 8.98 Å². The molecular weight excluding hydrogens is 841 g/mol. The number of hydrogen-bond acceptors (Lipinski definition) is 2. The molecule has 5 heteroatoms. The highest BCUT2D eigenvalue weighted by atomic mass is 16.3. The van der Waals surface area contributed by atoms with E-state index in [-0.39, 0.29) is 5.41 Å². The van der Waals surface area contributed by atoms with Gasteiger partial charge in [0.15, 0.2) is 0 Å². The van der Waals surface area contributed by atoms with Crippen LogP contribution in [0.15, 0.2) is 217 Å². The number of para-hydroxylation sites is 2. The summed E-state index contributed by atoms with van der Waals surface area (Å²) in [6.07, 6.45) is 3.97. The van der Waals surface area contributed by atoms with Crippen molar-refractivity contribution >= 4 is 109 Å². The van der Waals surface area contributed by atoms with Crippen molar-refractivity contribution in [2.24, 2.45) is 0 Å². The Labute approximate surface area is 397 Å². The van der Waals surface area contributed by atoms with E-state index >= 15 is 0 Å². The zero-order valence-corrected chi connectivity index (χ0v) is 38.4. The Morgan fingerprint density at radius 2 is 1.04 bits per heavy atom. The zero-order chi connectivity index (χ0) is 46.0. The van der Waals surface area contributed by atoms with E-state index in [4.69, 9.17) is 9.40 Å². The third kappa shape index (κ3) is 6.10. The number of benzene rings is 9. The highest BCUT2D eigenvalue weighted by Crippen LogP contribution is 2.39. The maximum atomic E-state index is 6.92. The van der Waals surface area contributed by atoms with Gasteiger partial charge in [-0.05, 0) is 120 Å². The van der Waals surface area contributed by atoms with E-state index in [1.54, 1.807) is 0 Å². The van der Waals surface area contributed by atoms with Gasteiger partial charge in [-0.1, -0.05) is 172 Å². The second-order valence-electron chi connectivity index (χ2n) is 19.3. The van der Waals surface area contributed by atoms with Gasteiger partial charge < -0.3 is 4.42 Å². The molecule has 14 rings (SSSR count). The molecule has 2 aliphatic rings. The number of hydrogen-bond donors (Lipinski definition) is 0. The van der Waals surface area contributed by atoms with Gasteiger partial charge in [0.1, 0.15) is 16.8 Å². The summed E-state index contributed by atoms with van der Waals surface area (Å²) in [5.74, 6) is 0. The summed E-state index contributed by atoms with van der Waals surface area (Å²) in [6.45, 7) is 6.87. The number of fused-ring (bicyclic) bond motifs is 20. The number of aromatic nitrogens is 4. The van der Waals surface area contributed by atoms with E-state index in [1.807, 2.05) is 6.07 Å². The first-order valence-electron chi connectivity index (χ1n) is 23.7. The Balaban J connectivity index is 1.27. The Kier molecular flexibility index (Phi) is 8.47. The molecule has 0 unspecified atom stereocenters. The van der Waals surface area contributed by atoms with Crippen LogP contribution in [0.3, 0.4) is 0 Å². The molecule has 0 saturated heterocycles. The Hall–Kier alpha value is -8.80. The second-order valence-corrected chi connectivity index (χ2v) is 19.3. The van der Waals surface area contributed by atoms with Gasteiger partial charge in [0, 0.05) is 22.2 Å². The van der Waals surface area contributed by atoms with E-state index in [0.717, 1.165) is 104 Å². The quantitative estimate of drug-likeness (QED) is 0.122. The van der Waals surface area contributed by atoms with Crippen LogP contribution in [0.2, 0.25) is 0 Å². The molecule has 0 amide bonds. The molecule has 5 heterocycles. The first kappa shape index (κ1) is 39.4. The van der Waals surface area contributed by atoms with Crippen molar-refractivity contribution in [3.8, 4) is 16.8 Å². The first-order valence-corrected chi connectivity index (χ1v) is 23.7. The topological polar surface area (TPSA) is 38.7 Å². The minimum atomic E-state index is -0.195. The molecule has 0 fully saturated rings. The Bertz CT molecular complexity index is 4590. The van der Waals surface area contributed by atoms with E-state index in [2.05, 4.69) is 247 Å².